The first-order valence-corrected chi connectivity index (χ1v) is 16.0. The van der Waals surface area contributed by atoms with Crippen LogP contribution in [0.3, 0.4) is 0 Å². The van der Waals surface area contributed by atoms with Crippen molar-refractivity contribution >= 4 is 40.7 Å². The molecule has 6 rings (SSSR count). The van der Waals surface area contributed by atoms with Crippen LogP contribution in [0.4, 0.5) is 11.4 Å². The van der Waals surface area contributed by atoms with Gasteiger partial charge in [-0.2, -0.15) is 0 Å². The molecule has 0 spiro atoms. The van der Waals surface area contributed by atoms with Crippen LogP contribution in [0, 0.1) is 13.8 Å². The van der Waals surface area contributed by atoms with Gasteiger partial charge < -0.3 is 19.9 Å². The molecule has 0 saturated heterocycles. The summed E-state index contributed by atoms with van der Waals surface area (Å²) < 4.78 is 15.4. The van der Waals surface area contributed by atoms with Gasteiger partial charge in [-0.3, -0.25) is 23.9 Å². The minimum atomic E-state index is -0.810. The molecule has 2 atom stereocenters. The van der Waals surface area contributed by atoms with Crippen molar-refractivity contribution in [3.8, 4) is 5.69 Å². The molecule has 2 unspecified atom stereocenters. The van der Waals surface area contributed by atoms with Gasteiger partial charge in [0.15, 0.2) is 5.76 Å². The second-order valence-corrected chi connectivity index (χ2v) is 12.2. The zero-order valence-corrected chi connectivity index (χ0v) is 27.5. The molecule has 12 heteroatoms. The highest BCUT2D eigenvalue weighted by Crippen LogP contribution is 2.35. The summed E-state index contributed by atoms with van der Waals surface area (Å²) in [5.74, 6) is -1.98. The van der Waals surface area contributed by atoms with Crippen LogP contribution in [-0.2, 0) is 21.3 Å². The first kappa shape index (κ1) is 33.0. The number of hydrogen-bond donors (Lipinski definition) is 2. The number of imide groups is 1. The van der Waals surface area contributed by atoms with Gasteiger partial charge in [-0.1, -0.05) is 29.8 Å². The lowest BCUT2D eigenvalue weighted by Gasteiger charge is -2.29. The third-order valence-corrected chi connectivity index (χ3v) is 8.89. The molecular formula is C36H35ClN4O7. The predicted molar refractivity (Wildman–Crippen MR) is 181 cm³/mol. The number of nitrogens with zero attached hydrogens (tertiary/aromatic N) is 3. The number of allylic oxidation sites excluding steroid dienone is 1. The molecule has 1 aromatic heterocycles. The van der Waals surface area contributed by atoms with Gasteiger partial charge in [-0.25, -0.2) is 9.58 Å². The van der Waals surface area contributed by atoms with Gasteiger partial charge in [0.2, 0.25) is 6.29 Å². The average Bonchev–Trinajstić information content (AvgIpc) is 3.45. The fourth-order valence-corrected chi connectivity index (χ4v) is 6.34. The standard InChI is InChI=1S/C36H35ClN4O7/c1-21-17-25(12-14-29(21)40-34(44)27-13-11-24(37)20-28(27)35(40)45)38-33(43)30-18-23(19-31(48-30)47-16-8-7-15-42)32-22(2)39(3)41(36(32)46)26-9-5-4-6-10-26/h4-6,9-14,17-18,20,23,31,42H,7-8,15-16,19H2,1-3H3,(H,38,43). The molecule has 48 heavy (non-hydrogen) atoms. The first-order chi connectivity index (χ1) is 23.1. The summed E-state index contributed by atoms with van der Waals surface area (Å²) in [4.78, 5) is 54.8. The van der Waals surface area contributed by atoms with Crippen LogP contribution >= 0.6 is 11.6 Å². The van der Waals surface area contributed by atoms with Gasteiger partial charge in [-0.15, -0.1) is 0 Å². The van der Waals surface area contributed by atoms with Crippen molar-refractivity contribution in [2.24, 2.45) is 7.05 Å². The Morgan fingerprint density at radius 2 is 1.75 bits per heavy atom. The lowest BCUT2D eigenvalue weighted by Crippen LogP contribution is -2.31. The molecule has 0 aliphatic carbocycles. The first-order valence-electron chi connectivity index (χ1n) is 15.6. The lowest BCUT2D eigenvalue weighted by atomic mass is 9.93. The number of aryl methyl sites for hydroxylation is 1. The van der Waals surface area contributed by atoms with E-state index in [-0.39, 0.29) is 29.1 Å². The fourth-order valence-electron chi connectivity index (χ4n) is 6.17. The molecule has 2 aliphatic heterocycles. The summed E-state index contributed by atoms with van der Waals surface area (Å²) in [7, 11) is 1.82. The summed E-state index contributed by atoms with van der Waals surface area (Å²) in [6, 6.07) is 18.7. The van der Waals surface area contributed by atoms with Crippen LogP contribution in [0.2, 0.25) is 5.02 Å². The highest BCUT2D eigenvalue weighted by Gasteiger charge is 2.38. The van der Waals surface area contributed by atoms with Gasteiger partial charge in [-0.05, 0) is 86.9 Å². The van der Waals surface area contributed by atoms with E-state index in [1.165, 1.54) is 12.1 Å². The minimum Gasteiger partial charge on any atom is -0.459 e. The van der Waals surface area contributed by atoms with E-state index in [1.807, 2.05) is 44.3 Å². The molecule has 248 valence electrons. The molecule has 0 radical (unpaired) electrons. The number of nitrogens with one attached hydrogen (secondary N) is 1. The van der Waals surface area contributed by atoms with Crippen molar-refractivity contribution in [3.63, 3.8) is 0 Å². The SMILES string of the molecule is Cc1cc(NC(=O)C2=CC(c3c(C)n(C)n(-c4ccccc4)c3=O)CC(OCCCCO)O2)ccc1N1C(=O)c2ccc(Cl)cc2C1=O. The Morgan fingerprint density at radius 3 is 2.48 bits per heavy atom. The number of carbonyl (C=O) groups excluding carboxylic acids is 3. The largest absolute Gasteiger partial charge is 0.459 e. The van der Waals surface area contributed by atoms with Crippen LogP contribution in [0.1, 0.15) is 62.7 Å². The van der Waals surface area contributed by atoms with E-state index in [2.05, 4.69) is 5.32 Å². The predicted octanol–water partition coefficient (Wildman–Crippen LogP) is 5.39. The number of carbonyl (C=O) groups is 3. The number of fused-ring (bicyclic) bond motifs is 1. The van der Waals surface area contributed by atoms with Crippen molar-refractivity contribution in [2.75, 3.05) is 23.4 Å². The van der Waals surface area contributed by atoms with Crippen molar-refractivity contribution in [2.45, 2.75) is 45.3 Å². The summed E-state index contributed by atoms with van der Waals surface area (Å²) >= 11 is 6.06. The van der Waals surface area contributed by atoms with Gasteiger partial charge in [0.25, 0.3) is 23.3 Å². The maximum absolute atomic E-state index is 13.8. The van der Waals surface area contributed by atoms with E-state index < -0.39 is 29.9 Å². The molecule has 3 aromatic carbocycles. The molecule has 2 aliphatic rings. The molecule has 0 saturated carbocycles. The molecular weight excluding hydrogens is 636 g/mol. The number of halogens is 1. The van der Waals surface area contributed by atoms with Crippen molar-refractivity contribution in [3.05, 3.63) is 122 Å². The number of benzene rings is 3. The quantitative estimate of drug-likeness (QED) is 0.171. The maximum atomic E-state index is 13.8. The molecule has 2 N–H and O–H groups in total. The summed E-state index contributed by atoms with van der Waals surface area (Å²) in [5.41, 5.74) is 3.67. The number of para-hydroxylation sites is 1. The number of aromatic nitrogens is 2. The van der Waals surface area contributed by atoms with Crippen LogP contribution in [0.5, 0.6) is 0 Å². The maximum Gasteiger partial charge on any atom is 0.290 e. The van der Waals surface area contributed by atoms with E-state index in [0.717, 1.165) is 10.6 Å². The van der Waals surface area contributed by atoms with Gasteiger partial charge in [0, 0.05) is 48.0 Å². The smallest absolute Gasteiger partial charge is 0.290 e. The van der Waals surface area contributed by atoms with Crippen molar-refractivity contribution in [1.82, 2.24) is 9.36 Å². The average molecular weight is 671 g/mol. The number of anilines is 2. The number of aliphatic hydroxyl groups is 1. The number of unbranched alkanes of at least 4 members (excludes halogenated alkanes) is 1. The van der Waals surface area contributed by atoms with E-state index in [1.54, 1.807) is 46.6 Å². The Hall–Kier alpha value is -4.97. The van der Waals surface area contributed by atoms with E-state index in [9.17, 15) is 24.3 Å². The Morgan fingerprint density at radius 1 is 1.00 bits per heavy atom. The Balaban J connectivity index is 1.27. The van der Waals surface area contributed by atoms with Crippen molar-refractivity contribution in [1.29, 1.82) is 0 Å². The number of aliphatic hydroxyl groups excluding tert-OH is 1. The van der Waals surface area contributed by atoms with Crippen LogP contribution < -0.4 is 15.8 Å². The number of ether oxygens (including phenoxy) is 2. The van der Waals surface area contributed by atoms with Gasteiger partial charge in [0.1, 0.15) is 0 Å². The number of rotatable bonds is 10. The second-order valence-electron chi connectivity index (χ2n) is 11.8. The molecule has 0 bridgehead atoms. The second kappa shape index (κ2) is 13.6. The number of hydrogen-bond acceptors (Lipinski definition) is 7. The third kappa shape index (κ3) is 6.19. The summed E-state index contributed by atoms with van der Waals surface area (Å²) in [6.07, 6.45) is 2.30. The van der Waals surface area contributed by atoms with Crippen LogP contribution in [0.25, 0.3) is 5.69 Å². The number of amides is 3. The van der Waals surface area contributed by atoms with E-state index in [0.29, 0.717) is 59.1 Å². The fraction of sp³-hybridized carbons (Fsp3) is 0.278. The normalized spacial score (nSPS) is 17.3. The van der Waals surface area contributed by atoms with Gasteiger partial charge >= 0.3 is 0 Å². The summed E-state index contributed by atoms with van der Waals surface area (Å²) in [6.45, 7) is 3.94. The van der Waals surface area contributed by atoms with Crippen molar-refractivity contribution < 1.29 is 29.0 Å². The summed E-state index contributed by atoms with van der Waals surface area (Å²) in [5, 5.41) is 12.4. The highest BCUT2D eigenvalue weighted by atomic mass is 35.5. The zero-order chi connectivity index (χ0) is 34.1. The monoisotopic (exact) mass is 670 g/mol. The zero-order valence-electron chi connectivity index (χ0n) is 26.7. The van der Waals surface area contributed by atoms with Gasteiger partial charge in [0.05, 0.1) is 29.1 Å². The van der Waals surface area contributed by atoms with E-state index in [4.69, 9.17) is 21.1 Å². The molecule has 3 heterocycles. The topological polar surface area (TPSA) is 132 Å². The van der Waals surface area contributed by atoms with Crippen LogP contribution in [-0.4, -0.2) is 51.7 Å². The molecule has 4 aromatic rings. The lowest BCUT2D eigenvalue weighted by molar-refractivity contribution is -0.143. The molecule has 3 amide bonds. The Bertz CT molecular complexity index is 2000. The Kier molecular flexibility index (Phi) is 9.36. The highest BCUT2D eigenvalue weighted by molar-refractivity contribution is 6.37. The molecule has 0 fully saturated rings. The third-order valence-electron chi connectivity index (χ3n) is 8.65. The minimum absolute atomic E-state index is 0.00808. The van der Waals surface area contributed by atoms with Crippen LogP contribution in [0.15, 0.2) is 83.4 Å². The Labute approximate surface area is 281 Å². The van der Waals surface area contributed by atoms with E-state index >= 15 is 0 Å². The molecule has 11 nitrogen and oxygen atoms in total.